The molecule has 0 aliphatic carbocycles. The van der Waals surface area contributed by atoms with Gasteiger partial charge in [-0.2, -0.15) is 0 Å². The van der Waals surface area contributed by atoms with Crippen LogP contribution < -0.4 is 5.32 Å². The number of benzene rings is 1. The summed E-state index contributed by atoms with van der Waals surface area (Å²) in [5.41, 5.74) is 1.04. The molecular weight excluding hydrogens is 390 g/mol. The van der Waals surface area contributed by atoms with Crippen LogP contribution in [-0.2, 0) is 9.05 Å². The molecule has 1 aromatic heterocycles. The molecule has 0 unspecified atom stereocenters. The normalized spacial score (nSPS) is 11.3. The van der Waals surface area contributed by atoms with E-state index in [0.717, 1.165) is 11.5 Å². The summed E-state index contributed by atoms with van der Waals surface area (Å²) in [7, 11) is 1.49. The fraction of sp³-hybridized carbons (Fsp3) is 0.100. The third-order valence-electron chi connectivity index (χ3n) is 2.37. The second-order valence-electron chi connectivity index (χ2n) is 3.78. The molecule has 106 valence electrons. The number of rotatable bonds is 3. The molecule has 2 rings (SSSR count). The van der Waals surface area contributed by atoms with Gasteiger partial charge in [0.05, 0.1) is 10.6 Å². The molecule has 0 atom stereocenters. The van der Waals surface area contributed by atoms with Gasteiger partial charge in [-0.3, -0.25) is 4.79 Å². The Bertz CT molecular complexity index is 762. The van der Waals surface area contributed by atoms with E-state index in [9.17, 15) is 13.2 Å². The summed E-state index contributed by atoms with van der Waals surface area (Å²) in [6.45, 7) is 1.59. The summed E-state index contributed by atoms with van der Waals surface area (Å²) < 4.78 is 26.7. The predicted molar refractivity (Wildman–Crippen MR) is 79.8 cm³/mol. The van der Waals surface area contributed by atoms with Crippen molar-refractivity contribution >= 4 is 58.8 Å². The molecule has 0 aliphatic heterocycles. The minimum Gasteiger partial charge on any atom is -0.320 e. The second-order valence-corrected chi connectivity index (χ2v) is 7.78. The van der Waals surface area contributed by atoms with Crippen molar-refractivity contribution in [3.05, 3.63) is 33.2 Å². The third-order valence-corrected chi connectivity index (χ3v) is 4.99. The number of aryl methyl sites for hydroxylation is 1. The van der Waals surface area contributed by atoms with E-state index in [0.29, 0.717) is 15.7 Å². The molecule has 1 heterocycles. The molecule has 0 saturated carbocycles. The highest BCUT2D eigenvalue weighted by Crippen LogP contribution is 2.30. The maximum absolute atomic E-state index is 11.8. The third kappa shape index (κ3) is 3.35. The molecule has 0 aliphatic rings. The Labute approximate surface area is 131 Å². The number of nitrogens with zero attached hydrogens (tertiary/aromatic N) is 2. The molecule has 0 saturated heterocycles. The number of nitrogens with one attached hydrogen (secondary N) is 1. The minimum absolute atomic E-state index is 0.0145. The van der Waals surface area contributed by atoms with Gasteiger partial charge in [-0.25, -0.2) is 8.42 Å². The van der Waals surface area contributed by atoms with Gasteiger partial charge >= 0.3 is 0 Å². The molecule has 20 heavy (non-hydrogen) atoms. The van der Waals surface area contributed by atoms with Crippen LogP contribution in [-0.4, -0.2) is 23.9 Å². The zero-order valence-electron chi connectivity index (χ0n) is 9.92. The van der Waals surface area contributed by atoms with Crippen molar-refractivity contribution in [1.29, 1.82) is 0 Å². The highest BCUT2D eigenvalue weighted by atomic mass is 79.9. The van der Waals surface area contributed by atoms with Crippen LogP contribution in [0.2, 0.25) is 0 Å². The highest BCUT2D eigenvalue weighted by Gasteiger charge is 2.18. The minimum atomic E-state index is -3.84. The number of halogens is 2. The fourth-order valence-electron chi connectivity index (χ4n) is 1.47. The summed E-state index contributed by atoms with van der Waals surface area (Å²) in [5, 5.41) is 7.77. The van der Waals surface area contributed by atoms with Gasteiger partial charge in [-0.05, 0) is 52.1 Å². The first-order valence-electron chi connectivity index (χ1n) is 5.12. The number of hydrogen-bond acceptors (Lipinski definition) is 6. The smallest absolute Gasteiger partial charge is 0.277 e. The quantitative estimate of drug-likeness (QED) is 0.806. The van der Waals surface area contributed by atoms with Crippen molar-refractivity contribution in [3.63, 3.8) is 0 Å². The van der Waals surface area contributed by atoms with Crippen molar-refractivity contribution in [2.45, 2.75) is 11.8 Å². The summed E-state index contributed by atoms with van der Waals surface area (Å²) in [5.74, 6) is -0.430. The summed E-state index contributed by atoms with van der Waals surface area (Å²) in [6, 6.07) is 2.85. The van der Waals surface area contributed by atoms with E-state index in [-0.39, 0.29) is 10.6 Å². The molecule has 10 heteroatoms. The van der Waals surface area contributed by atoms with Gasteiger partial charge in [0.2, 0.25) is 0 Å². The SMILES string of the molecule is Cc1cc(NC(=O)c2csnn2)c(Br)cc1S(=O)(=O)Cl. The van der Waals surface area contributed by atoms with Crippen LogP contribution in [0.3, 0.4) is 0 Å². The standard InChI is InChI=1S/C10H7BrClN3O3S2/c1-5-2-7(6(11)3-9(5)20(12,17)18)13-10(16)8-4-19-15-14-8/h2-4H,1H3,(H,13,16). The van der Waals surface area contributed by atoms with Crippen molar-refractivity contribution in [1.82, 2.24) is 9.59 Å². The van der Waals surface area contributed by atoms with E-state index in [2.05, 4.69) is 30.8 Å². The molecule has 0 fully saturated rings. The van der Waals surface area contributed by atoms with Crippen LogP contribution in [0.4, 0.5) is 5.69 Å². The topological polar surface area (TPSA) is 89.0 Å². The van der Waals surface area contributed by atoms with Crippen LogP contribution in [0.5, 0.6) is 0 Å². The lowest BCUT2D eigenvalue weighted by atomic mass is 10.2. The number of aromatic nitrogens is 2. The molecule has 0 bridgehead atoms. The zero-order valence-corrected chi connectivity index (χ0v) is 13.9. The molecule has 6 nitrogen and oxygen atoms in total. The van der Waals surface area contributed by atoms with Crippen molar-refractivity contribution in [2.75, 3.05) is 5.32 Å². The first-order chi connectivity index (χ1) is 9.29. The van der Waals surface area contributed by atoms with Crippen LogP contribution in [0.25, 0.3) is 0 Å². The first kappa shape index (κ1) is 15.4. The van der Waals surface area contributed by atoms with Gasteiger partial charge in [-0.1, -0.05) is 4.49 Å². The zero-order chi connectivity index (χ0) is 14.9. The van der Waals surface area contributed by atoms with E-state index in [4.69, 9.17) is 10.7 Å². The number of carbonyl (C=O) groups is 1. The largest absolute Gasteiger partial charge is 0.320 e. The van der Waals surface area contributed by atoms with Crippen LogP contribution in [0.1, 0.15) is 16.1 Å². The van der Waals surface area contributed by atoms with E-state index in [1.54, 1.807) is 6.92 Å². The molecule has 0 radical (unpaired) electrons. The summed E-state index contributed by atoms with van der Waals surface area (Å²) in [6.07, 6.45) is 0. The Kier molecular flexibility index (Phi) is 4.43. The molecule has 0 spiro atoms. The lowest BCUT2D eigenvalue weighted by molar-refractivity contribution is 0.102. The van der Waals surface area contributed by atoms with E-state index in [1.807, 2.05) is 0 Å². The van der Waals surface area contributed by atoms with Gasteiger partial charge in [0, 0.05) is 20.5 Å². The number of carbonyl (C=O) groups excluding carboxylic acids is 1. The van der Waals surface area contributed by atoms with Gasteiger partial charge < -0.3 is 5.32 Å². The monoisotopic (exact) mass is 395 g/mol. The van der Waals surface area contributed by atoms with Crippen LogP contribution in [0, 0.1) is 6.92 Å². The molecule has 2 aromatic rings. The maximum atomic E-state index is 11.8. The predicted octanol–water partition coefficient (Wildman–Crippen LogP) is 2.79. The van der Waals surface area contributed by atoms with Gasteiger partial charge in [0.15, 0.2) is 5.69 Å². The summed E-state index contributed by atoms with van der Waals surface area (Å²) >= 11 is 4.26. The molecular formula is C10H7BrClN3O3S2. The highest BCUT2D eigenvalue weighted by molar-refractivity contribution is 9.10. The average molecular weight is 397 g/mol. The Morgan fingerprint density at radius 2 is 2.15 bits per heavy atom. The van der Waals surface area contributed by atoms with Gasteiger partial charge in [-0.15, -0.1) is 5.10 Å². The van der Waals surface area contributed by atoms with E-state index < -0.39 is 15.0 Å². The Morgan fingerprint density at radius 3 is 2.70 bits per heavy atom. The van der Waals surface area contributed by atoms with Crippen LogP contribution in [0.15, 0.2) is 26.9 Å². The number of hydrogen-bond donors (Lipinski definition) is 1. The van der Waals surface area contributed by atoms with Crippen molar-refractivity contribution in [2.24, 2.45) is 0 Å². The Balaban J connectivity index is 2.35. The van der Waals surface area contributed by atoms with Crippen molar-refractivity contribution < 1.29 is 13.2 Å². The number of amides is 1. The lowest BCUT2D eigenvalue weighted by Gasteiger charge is -2.09. The first-order valence-corrected chi connectivity index (χ1v) is 9.06. The van der Waals surface area contributed by atoms with Gasteiger partial charge in [0.25, 0.3) is 15.0 Å². The molecule has 1 aromatic carbocycles. The molecule has 1 amide bonds. The lowest BCUT2D eigenvalue weighted by Crippen LogP contribution is -2.13. The molecule has 1 N–H and O–H groups in total. The Morgan fingerprint density at radius 1 is 1.45 bits per heavy atom. The van der Waals surface area contributed by atoms with E-state index >= 15 is 0 Å². The average Bonchev–Trinajstić information content (AvgIpc) is 2.85. The summed E-state index contributed by atoms with van der Waals surface area (Å²) in [4.78, 5) is 11.8. The number of anilines is 1. The fourth-order valence-corrected chi connectivity index (χ4v) is 3.70. The van der Waals surface area contributed by atoms with Gasteiger partial charge in [0.1, 0.15) is 0 Å². The van der Waals surface area contributed by atoms with E-state index in [1.165, 1.54) is 17.5 Å². The second kappa shape index (κ2) is 5.76. The van der Waals surface area contributed by atoms with Crippen LogP contribution >= 0.6 is 38.1 Å². The Hall–Kier alpha value is -1.03. The van der Waals surface area contributed by atoms with Crippen molar-refractivity contribution in [3.8, 4) is 0 Å². The maximum Gasteiger partial charge on any atom is 0.277 e.